The van der Waals surface area contributed by atoms with E-state index in [0.29, 0.717) is 19.7 Å². The highest BCUT2D eigenvalue weighted by Crippen LogP contribution is 2.11. The lowest BCUT2D eigenvalue weighted by Gasteiger charge is -2.31. The number of hydrogen-bond acceptors (Lipinski definition) is 3. The first-order valence-corrected chi connectivity index (χ1v) is 5.99. The van der Waals surface area contributed by atoms with E-state index in [1.54, 1.807) is 19.2 Å². The number of carbonyl (C=O) groups is 1. The number of nitrogens with zero attached hydrogens (tertiary/aromatic N) is 1. The Bertz CT molecular complexity index is 408. The first-order valence-electron chi connectivity index (χ1n) is 5.99. The number of ether oxygens (including phenoxy) is 1. The van der Waals surface area contributed by atoms with Gasteiger partial charge in [-0.1, -0.05) is 12.1 Å². The SMILES string of the molecule is CNC(=O)C1CN(Cc2ccc(F)cc2)CCO1. The van der Waals surface area contributed by atoms with Crippen molar-refractivity contribution < 1.29 is 13.9 Å². The largest absolute Gasteiger partial charge is 0.366 e. The van der Waals surface area contributed by atoms with Gasteiger partial charge >= 0.3 is 0 Å². The highest BCUT2D eigenvalue weighted by molar-refractivity contribution is 5.80. The Labute approximate surface area is 106 Å². The van der Waals surface area contributed by atoms with Crippen LogP contribution in [-0.4, -0.2) is 43.7 Å². The molecule has 1 aromatic rings. The van der Waals surface area contributed by atoms with Gasteiger partial charge in [0.2, 0.25) is 5.91 Å². The van der Waals surface area contributed by atoms with Gasteiger partial charge in [-0.15, -0.1) is 0 Å². The Morgan fingerprint density at radius 3 is 2.89 bits per heavy atom. The Morgan fingerprint density at radius 1 is 1.50 bits per heavy atom. The molecule has 1 fully saturated rings. The van der Waals surface area contributed by atoms with E-state index in [1.807, 2.05) is 0 Å². The number of benzene rings is 1. The number of halogens is 1. The van der Waals surface area contributed by atoms with Crippen molar-refractivity contribution in [1.29, 1.82) is 0 Å². The van der Waals surface area contributed by atoms with E-state index in [9.17, 15) is 9.18 Å². The van der Waals surface area contributed by atoms with E-state index >= 15 is 0 Å². The van der Waals surface area contributed by atoms with Crippen LogP contribution in [0.3, 0.4) is 0 Å². The number of nitrogens with one attached hydrogen (secondary N) is 1. The van der Waals surface area contributed by atoms with Crippen molar-refractivity contribution >= 4 is 5.91 Å². The highest BCUT2D eigenvalue weighted by Gasteiger charge is 2.25. The van der Waals surface area contributed by atoms with Crippen LogP contribution in [0.1, 0.15) is 5.56 Å². The van der Waals surface area contributed by atoms with Crippen molar-refractivity contribution in [2.45, 2.75) is 12.6 Å². The molecule has 0 bridgehead atoms. The summed E-state index contributed by atoms with van der Waals surface area (Å²) in [5.41, 5.74) is 1.04. The molecule has 0 radical (unpaired) electrons. The van der Waals surface area contributed by atoms with Gasteiger partial charge in [-0.05, 0) is 17.7 Å². The second kappa shape index (κ2) is 5.93. The lowest BCUT2D eigenvalue weighted by molar-refractivity contribution is -0.138. The molecule has 0 spiro atoms. The molecule has 98 valence electrons. The van der Waals surface area contributed by atoms with E-state index in [2.05, 4.69) is 10.2 Å². The monoisotopic (exact) mass is 252 g/mol. The van der Waals surface area contributed by atoms with Gasteiger partial charge in [-0.25, -0.2) is 4.39 Å². The second-order valence-corrected chi connectivity index (χ2v) is 4.34. The number of likely N-dealkylation sites (N-methyl/N-ethyl adjacent to an activating group) is 1. The fourth-order valence-corrected chi connectivity index (χ4v) is 2.01. The lowest BCUT2D eigenvalue weighted by atomic mass is 10.2. The van der Waals surface area contributed by atoms with Gasteiger partial charge in [-0.2, -0.15) is 0 Å². The van der Waals surface area contributed by atoms with Crippen molar-refractivity contribution in [1.82, 2.24) is 10.2 Å². The van der Waals surface area contributed by atoms with E-state index in [1.165, 1.54) is 12.1 Å². The number of carbonyl (C=O) groups excluding carboxylic acids is 1. The summed E-state index contributed by atoms with van der Waals surface area (Å²) in [6, 6.07) is 6.43. The molecule has 18 heavy (non-hydrogen) atoms. The molecule has 4 nitrogen and oxygen atoms in total. The number of amides is 1. The van der Waals surface area contributed by atoms with Gasteiger partial charge in [0.25, 0.3) is 0 Å². The average Bonchev–Trinajstić information content (AvgIpc) is 2.41. The Kier molecular flexibility index (Phi) is 4.28. The zero-order chi connectivity index (χ0) is 13.0. The summed E-state index contributed by atoms with van der Waals surface area (Å²) in [5, 5.41) is 2.59. The van der Waals surface area contributed by atoms with Crippen LogP contribution < -0.4 is 5.32 Å². The van der Waals surface area contributed by atoms with Crippen LogP contribution in [0.15, 0.2) is 24.3 Å². The number of hydrogen-bond donors (Lipinski definition) is 1. The molecule has 1 aliphatic rings. The summed E-state index contributed by atoms with van der Waals surface area (Å²) in [6.45, 7) is 2.60. The standard InChI is InChI=1S/C13H17FN2O2/c1-15-13(17)12-9-16(6-7-18-12)8-10-2-4-11(14)5-3-10/h2-5,12H,6-9H2,1H3,(H,15,17). The van der Waals surface area contributed by atoms with E-state index in [-0.39, 0.29) is 11.7 Å². The van der Waals surface area contributed by atoms with Crippen LogP contribution in [-0.2, 0) is 16.1 Å². The summed E-state index contributed by atoms with van der Waals surface area (Å²) < 4.78 is 18.2. The number of morpholine rings is 1. The smallest absolute Gasteiger partial charge is 0.250 e. The maximum Gasteiger partial charge on any atom is 0.250 e. The Morgan fingerprint density at radius 2 is 2.22 bits per heavy atom. The summed E-state index contributed by atoms with van der Waals surface area (Å²) in [7, 11) is 1.60. The fourth-order valence-electron chi connectivity index (χ4n) is 2.01. The minimum absolute atomic E-state index is 0.0983. The summed E-state index contributed by atoms with van der Waals surface area (Å²) in [6.07, 6.45) is -0.413. The molecule has 5 heteroatoms. The molecule has 0 aromatic heterocycles. The maximum atomic E-state index is 12.8. The summed E-state index contributed by atoms with van der Waals surface area (Å²) in [4.78, 5) is 13.6. The quantitative estimate of drug-likeness (QED) is 0.864. The minimum atomic E-state index is -0.413. The molecule has 1 saturated heterocycles. The normalized spacial score (nSPS) is 20.7. The molecule has 1 N–H and O–H groups in total. The number of rotatable bonds is 3. The molecule has 1 aromatic carbocycles. The van der Waals surface area contributed by atoms with Crippen molar-refractivity contribution in [3.8, 4) is 0 Å². The molecule has 1 atom stereocenters. The maximum absolute atomic E-state index is 12.8. The third-order valence-corrected chi connectivity index (χ3v) is 3.01. The van der Waals surface area contributed by atoms with E-state index in [4.69, 9.17) is 4.74 Å². The molecule has 1 heterocycles. The van der Waals surface area contributed by atoms with Gasteiger partial charge in [0.15, 0.2) is 0 Å². The van der Waals surface area contributed by atoms with Crippen molar-refractivity contribution in [3.63, 3.8) is 0 Å². The van der Waals surface area contributed by atoms with Crippen molar-refractivity contribution in [3.05, 3.63) is 35.6 Å². The zero-order valence-electron chi connectivity index (χ0n) is 10.4. The Balaban J connectivity index is 1.93. The molecule has 1 aliphatic heterocycles. The lowest BCUT2D eigenvalue weighted by Crippen LogP contribution is -2.48. The molecule has 0 saturated carbocycles. The molecule has 1 amide bonds. The minimum Gasteiger partial charge on any atom is -0.366 e. The highest BCUT2D eigenvalue weighted by atomic mass is 19.1. The third-order valence-electron chi connectivity index (χ3n) is 3.01. The van der Waals surface area contributed by atoms with Gasteiger partial charge in [0.05, 0.1) is 6.61 Å². The van der Waals surface area contributed by atoms with E-state index in [0.717, 1.165) is 12.1 Å². The molecule has 0 aliphatic carbocycles. The van der Waals surface area contributed by atoms with Crippen LogP contribution in [0, 0.1) is 5.82 Å². The van der Waals surface area contributed by atoms with Crippen LogP contribution >= 0.6 is 0 Å². The second-order valence-electron chi connectivity index (χ2n) is 4.34. The zero-order valence-corrected chi connectivity index (χ0v) is 10.4. The van der Waals surface area contributed by atoms with E-state index < -0.39 is 6.10 Å². The summed E-state index contributed by atoms with van der Waals surface area (Å²) >= 11 is 0. The van der Waals surface area contributed by atoms with Crippen LogP contribution in [0.2, 0.25) is 0 Å². The first kappa shape index (κ1) is 13.0. The molecule has 2 rings (SSSR count). The van der Waals surface area contributed by atoms with Crippen LogP contribution in [0.5, 0.6) is 0 Å². The van der Waals surface area contributed by atoms with Gasteiger partial charge in [0.1, 0.15) is 11.9 Å². The predicted octanol–water partition coefficient (Wildman–Crippen LogP) is 0.772. The Hall–Kier alpha value is -1.46. The average molecular weight is 252 g/mol. The van der Waals surface area contributed by atoms with Gasteiger partial charge < -0.3 is 10.1 Å². The van der Waals surface area contributed by atoms with Gasteiger partial charge in [0, 0.05) is 26.7 Å². The predicted molar refractivity (Wildman–Crippen MR) is 65.5 cm³/mol. The topological polar surface area (TPSA) is 41.6 Å². The van der Waals surface area contributed by atoms with Crippen molar-refractivity contribution in [2.75, 3.05) is 26.7 Å². The first-order chi connectivity index (χ1) is 8.69. The van der Waals surface area contributed by atoms with Gasteiger partial charge in [-0.3, -0.25) is 9.69 Å². The molecular formula is C13H17FN2O2. The van der Waals surface area contributed by atoms with Crippen LogP contribution in [0.4, 0.5) is 4.39 Å². The van der Waals surface area contributed by atoms with Crippen molar-refractivity contribution in [2.24, 2.45) is 0 Å². The van der Waals surface area contributed by atoms with Crippen LogP contribution in [0.25, 0.3) is 0 Å². The molecular weight excluding hydrogens is 235 g/mol. The fraction of sp³-hybridized carbons (Fsp3) is 0.462. The molecule has 1 unspecified atom stereocenters. The third kappa shape index (κ3) is 3.27. The summed E-state index contributed by atoms with van der Waals surface area (Å²) in [5.74, 6) is -0.331.